The highest BCUT2D eigenvalue weighted by molar-refractivity contribution is 6.35. The summed E-state index contributed by atoms with van der Waals surface area (Å²) in [7, 11) is 0. The molecule has 0 fully saturated rings. The minimum absolute atomic E-state index is 0.149. The van der Waals surface area contributed by atoms with Crippen LogP contribution in [0.25, 0.3) is 16.6 Å². The van der Waals surface area contributed by atoms with Gasteiger partial charge in [0.15, 0.2) is 0 Å². The number of aromatic nitrogens is 2. The normalized spacial score (nSPS) is 16.2. The number of hydrogen-bond donors (Lipinski definition) is 3. The highest BCUT2D eigenvalue weighted by Gasteiger charge is 2.34. The summed E-state index contributed by atoms with van der Waals surface area (Å²) in [5, 5.41) is 7.69. The van der Waals surface area contributed by atoms with E-state index in [1.54, 1.807) is 60.9 Å². The maximum Gasteiger partial charge on any atom is 0.255 e. The van der Waals surface area contributed by atoms with Gasteiger partial charge in [-0.1, -0.05) is 48.0 Å². The Hall–Kier alpha value is -4.62. The molecular formula is C30H23ClN4O3. The summed E-state index contributed by atoms with van der Waals surface area (Å²) >= 11 is 6.17. The predicted molar refractivity (Wildman–Crippen MR) is 147 cm³/mol. The average molecular weight is 523 g/mol. The molecule has 2 aromatic heterocycles. The van der Waals surface area contributed by atoms with Gasteiger partial charge in [0.1, 0.15) is 0 Å². The molecule has 0 aliphatic heterocycles. The average Bonchev–Trinajstić information content (AvgIpc) is 3.48. The van der Waals surface area contributed by atoms with E-state index in [1.165, 1.54) is 10.6 Å². The molecule has 2 atom stereocenters. The number of aromatic amines is 1. The van der Waals surface area contributed by atoms with Gasteiger partial charge >= 0.3 is 0 Å². The zero-order valence-corrected chi connectivity index (χ0v) is 20.9. The minimum Gasteiger partial charge on any atom is -0.360 e. The number of H-pyrrole nitrogens is 1. The van der Waals surface area contributed by atoms with Crippen molar-refractivity contribution in [2.45, 2.75) is 18.5 Å². The van der Waals surface area contributed by atoms with Crippen LogP contribution in [0.2, 0.25) is 5.02 Å². The fraction of sp³-hybridized carbons (Fsp3) is 0.100. The van der Waals surface area contributed by atoms with Crippen molar-refractivity contribution in [3.63, 3.8) is 0 Å². The molecule has 0 saturated carbocycles. The lowest BCUT2D eigenvalue weighted by atomic mass is 10.1. The number of carbonyl (C=O) groups excluding carboxylic acids is 2. The first-order valence-electron chi connectivity index (χ1n) is 12.2. The Morgan fingerprint density at radius 2 is 1.61 bits per heavy atom. The zero-order chi connectivity index (χ0) is 26.2. The summed E-state index contributed by atoms with van der Waals surface area (Å²) in [6.07, 6.45) is 3.97. The Bertz CT molecular complexity index is 1740. The largest absolute Gasteiger partial charge is 0.360 e. The third-order valence-corrected chi connectivity index (χ3v) is 7.27. The van der Waals surface area contributed by atoms with Crippen LogP contribution in [0.5, 0.6) is 0 Å². The second kappa shape index (κ2) is 9.68. The van der Waals surface area contributed by atoms with E-state index < -0.39 is 6.04 Å². The van der Waals surface area contributed by atoms with Crippen molar-refractivity contribution < 1.29 is 9.59 Å². The number of nitrogens with one attached hydrogen (secondary N) is 3. The summed E-state index contributed by atoms with van der Waals surface area (Å²) in [5.41, 5.74) is 4.32. The molecule has 3 N–H and O–H groups in total. The third-order valence-electron chi connectivity index (χ3n) is 6.96. The van der Waals surface area contributed by atoms with Crippen LogP contribution in [0.15, 0.2) is 102 Å². The number of rotatable bonds is 5. The molecule has 38 heavy (non-hydrogen) atoms. The molecule has 2 heterocycles. The van der Waals surface area contributed by atoms with Crippen LogP contribution in [0.3, 0.4) is 0 Å². The van der Waals surface area contributed by atoms with E-state index in [-0.39, 0.29) is 23.4 Å². The number of fused-ring (bicyclic) bond motifs is 2. The summed E-state index contributed by atoms with van der Waals surface area (Å²) in [4.78, 5) is 41.7. The van der Waals surface area contributed by atoms with Gasteiger partial charge in [0.05, 0.1) is 17.1 Å². The van der Waals surface area contributed by atoms with E-state index in [4.69, 9.17) is 11.6 Å². The topological polar surface area (TPSA) is 96.0 Å². The second-order valence-corrected chi connectivity index (χ2v) is 9.69. The quantitative estimate of drug-likeness (QED) is 0.309. The van der Waals surface area contributed by atoms with Crippen molar-refractivity contribution >= 4 is 34.3 Å². The molecule has 8 heteroatoms. The van der Waals surface area contributed by atoms with Crippen LogP contribution in [0.1, 0.15) is 37.9 Å². The standard InChI is InChI=1S/C30H23ClN4O3/c31-24-17-32-25-16-20(10-13-23(24)25)30(38)33-26-15-19-5-1-2-6-22(19)28(26)34-29(37)18-8-11-21(12-9-18)35-14-4-3-7-27(35)36/h1-14,16-17,26,28,32H,15H2,(H,33,38)(H,34,37)/t26-,28+/m0/s1. The molecule has 1 aliphatic rings. The molecule has 1 aliphatic carbocycles. The monoisotopic (exact) mass is 522 g/mol. The number of amides is 2. The molecule has 5 aromatic rings. The van der Waals surface area contributed by atoms with Crippen LogP contribution in [0, 0.1) is 0 Å². The lowest BCUT2D eigenvalue weighted by Gasteiger charge is -2.23. The van der Waals surface area contributed by atoms with E-state index >= 15 is 0 Å². The van der Waals surface area contributed by atoms with Crippen LogP contribution in [-0.4, -0.2) is 27.4 Å². The first-order valence-corrected chi connectivity index (χ1v) is 12.6. The van der Waals surface area contributed by atoms with Crippen molar-refractivity contribution in [1.82, 2.24) is 20.2 Å². The minimum atomic E-state index is -0.400. The lowest BCUT2D eigenvalue weighted by molar-refractivity contribution is 0.0888. The lowest BCUT2D eigenvalue weighted by Crippen LogP contribution is -2.44. The van der Waals surface area contributed by atoms with Crippen LogP contribution in [0.4, 0.5) is 0 Å². The van der Waals surface area contributed by atoms with Crippen LogP contribution >= 0.6 is 11.6 Å². The molecule has 2 amide bonds. The maximum absolute atomic E-state index is 13.3. The zero-order valence-electron chi connectivity index (χ0n) is 20.1. The van der Waals surface area contributed by atoms with Crippen molar-refractivity contribution in [2.24, 2.45) is 0 Å². The molecule has 0 unspecified atom stereocenters. The van der Waals surface area contributed by atoms with Crippen molar-refractivity contribution in [2.75, 3.05) is 0 Å². The van der Waals surface area contributed by atoms with Gasteiger partial charge in [-0.05, 0) is 60.0 Å². The van der Waals surface area contributed by atoms with E-state index in [0.717, 1.165) is 22.0 Å². The first kappa shape index (κ1) is 23.8. The maximum atomic E-state index is 13.3. The first-order chi connectivity index (χ1) is 18.5. The van der Waals surface area contributed by atoms with E-state index in [1.807, 2.05) is 30.3 Å². The van der Waals surface area contributed by atoms with Gasteiger partial charge in [0.25, 0.3) is 17.4 Å². The number of hydrogen-bond acceptors (Lipinski definition) is 3. The van der Waals surface area contributed by atoms with Gasteiger partial charge in [-0.2, -0.15) is 0 Å². The Kier molecular flexibility index (Phi) is 6.05. The van der Waals surface area contributed by atoms with Crippen molar-refractivity contribution in [3.8, 4) is 5.69 Å². The molecule has 7 nitrogen and oxygen atoms in total. The van der Waals surface area contributed by atoms with Crippen LogP contribution < -0.4 is 16.2 Å². The second-order valence-electron chi connectivity index (χ2n) is 9.29. The van der Waals surface area contributed by atoms with Gasteiger partial charge in [0.2, 0.25) is 0 Å². The highest BCUT2D eigenvalue weighted by atomic mass is 35.5. The summed E-state index contributed by atoms with van der Waals surface area (Å²) in [5.74, 6) is -0.493. The van der Waals surface area contributed by atoms with Gasteiger partial charge in [-0.3, -0.25) is 19.0 Å². The molecule has 6 rings (SSSR count). The predicted octanol–water partition coefficient (Wildman–Crippen LogP) is 4.80. The summed E-state index contributed by atoms with van der Waals surface area (Å²) < 4.78 is 1.51. The fourth-order valence-corrected chi connectivity index (χ4v) is 5.25. The summed E-state index contributed by atoms with van der Waals surface area (Å²) in [6, 6.07) is 24.3. The third kappa shape index (κ3) is 4.37. The molecular weight excluding hydrogens is 500 g/mol. The number of halogens is 1. The van der Waals surface area contributed by atoms with Crippen molar-refractivity contribution in [1.29, 1.82) is 0 Å². The number of carbonyl (C=O) groups is 2. The highest BCUT2D eigenvalue weighted by Crippen LogP contribution is 2.32. The van der Waals surface area contributed by atoms with Gasteiger partial charge in [0, 0.05) is 46.2 Å². The van der Waals surface area contributed by atoms with Gasteiger partial charge in [-0.25, -0.2) is 0 Å². The Morgan fingerprint density at radius 1 is 0.868 bits per heavy atom. The SMILES string of the molecule is O=C(N[C@H]1Cc2ccccc2[C@H]1NC(=O)c1ccc(-n2ccccc2=O)cc1)c1ccc2c(Cl)c[nH]c2c1. The van der Waals surface area contributed by atoms with E-state index in [9.17, 15) is 14.4 Å². The number of nitrogens with zero attached hydrogens (tertiary/aromatic N) is 1. The fourth-order valence-electron chi connectivity index (χ4n) is 5.03. The molecule has 0 radical (unpaired) electrons. The van der Waals surface area contributed by atoms with Gasteiger partial charge < -0.3 is 15.6 Å². The molecule has 0 bridgehead atoms. The molecule has 188 valence electrons. The van der Waals surface area contributed by atoms with Crippen LogP contribution in [-0.2, 0) is 6.42 Å². The summed E-state index contributed by atoms with van der Waals surface area (Å²) in [6.45, 7) is 0. The number of pyridine rings is 1. The van der Waals surface area contributed by atoms with Gasteiger partial charge in [-0.15, -0.1) is 0 Å². The Labute approximate surface area is 223 Å². The number of benzene rings is 3. The smallest absolute Gasteiger partial charge is 0.255 e. The van der Waals surface area contributed by atoms with Crippen molar-refractivity contribution in [3.05, 3.63) is 135 Å². The Balaban J connectivity index is 1.22. The van der Waals surface area contributed by atoms with E-state index in [2.05, 4.69) is 15.6 Å². The molecule has 0 saturated heterocycles. The Morgan fingerprint density at radius 3 is 2.42 bits per heavy atom. The molecule has 0 spiro atoms. The van der Waals surface area contributed by atoms with E-state index in [0.29, 0.717) is 28.3 Å². The molecule has 3 aromatic carbocycles.